The molecule has 18 heavy (non-hydrogen) atoms. The van der Waals surface area contributed by atoms with Crippen molar-refractivity contribution in [2.45, 2.75) is 19.3 Å². The van der Waals surface area contributed by atoms with Gasteiger partial charge >= 0.3 is 6.61 Å². The maximum Gasteiger partial charge on any atom is 0.387 e. The molecule has 0 aromatic heterocycles. The maximum absolute atomic E-state index is 12.2. The normalized spacial score (nSPS) is 12.8. The third kappa shape index (κ3) is 5.42. The second-order valence-electron chi connectivity index (χ2n) is 3.99. The summed E-state index contributed by atoms with van der Waals surface area (Å²) >= 11 is 7.48. The minimum absolute atomic E-state index is 0.183. The Hall–Kier alpha value is -0.520. The van der Waals surface area contributed by atoms with Gasteiger partial charge < -0.3 is 10.5 Å². The van der Waals surface area contributed by atoms with Gasteiger partial charge in [0.15, 0.2) is 0 Å². The van der Waals surface area contributed by atoms with E-state index in [1.165, 1.54) is 12.1 Å². The number of benzene rings is 1. The fourth-order valence-corrected chi connectivity index (χ4v) is 2.61. The van der Waals surface area contributed by atoms with Crippen molar-refractivity contribution in [2.24, 2.45) is 11.7 Å². The molecule has 0 aliphatic heterocycles. The number of halogens is 3. The van der Waals surface area contributed by atoms with Crippen molar-refractivity contribution < 1.29 is 13.5 Å². The first-order valence-corrected chi connectivity index (χ1v) is 7.07. The third-order valence-corrected chi connectivity index (χ3v) is 3.86. The van der Waals surface area contributed by atoms with Crippen molar-refractivity contribution in [1.29, 1.82) is 0 Å². The monoisotopic (exact) mass is 295 g/mol. The molecule has 1 unspecified atom stereocenters. The highest BCUT2D eigenvalue weighted by Crippen LogP contribution is 2.28. The summed E-state index contributed by atoms with van der Waals surface area (Å²) in [6.45, 7) is -0.164. The van der Waals surface area contributed by atoms with E-state index in [1.807, 2.05) is 6.92 Å². The molecule has 0 saturated carbocycles. The van der Waals surface area contributed by atoms with Gasteiger partial charge in [-0.1, -0.05) is 18.5 Å². The van der Waals surface area contributed by atoms with E-state index in [1.54, 1.807) is 17.8 Å². The summed E-state index contributed by atoms with van der Waals surface area (Å²) in [6, 6.07) is 4.66. The van der Waals surface area contributed by atoms with E-state index in [0.29, 0.717) is 28.8 Å². The standard InChI is InChI=1S/C12H16ClF2NOS/c1-8(5-16)6-18-7-9-4-10(13)2-3-11(9)17-12(14)15/h2-4,8,12H,5-7,16H2,1H3. The van der Waals surface area contributed by atoms with Crippen LogP contribution in [0.5, 0.6) is 5.75 Å². The maximum atomic E-state index is 12.2. The lowest BCUT2D eigenvalue weighted by Crippen LogP contribution is -2.12. The average Bonchev–Trinajstić information content (AvgIpc) is 2.31. The van der Waals surface area contributed by atoms with Crippen LogP contribution in [0.2, 0.25) is 5.02 Å². The van der Waals surface area contributed by atoms with Crippen LogP contribution < -0.4 is 10.5 Å². The lowest BCUT2D eigenvalue weighted by molar-refractivity contribution is -0.0503. The molecule has 0 fully saturated rings. The van der Waals surface area contributed by atoms with Crippen molar-refractivity contribution in [3.05, 3.63) is 28.8 Å². The molecule has 0 spiro atoms. The molecular formula is C12H16ClF2NOS. The molecule has 1 aromatic carbocycles. The number of hydrogen-bond donors (Lipinski definition) is 1. The van der Waals surface area contributed by atoms with Gasteiger partial charge in [0, 0.05) is 16.3 Å². The Morgan fingerprint density at radius 3 is 2.78 bits per heavy atom. The number of thioether (sulfide) groups is 1. The number of alkyl halides is 2. The zero-order chi connectivity index (χ0) is 13.5. The third-order valence-electron chi connectivity index (χ3n) is 2.30. The second kappa shape index (κ2) is 7.81. The molecule has 0 bridgehead atoms. The first-order valence-electron chi connectivity index (χ1n) is 5.54. The predicted octanol–water partition coefficient (Wildman–Crippen LogP) is 3.77. The first-order chi connectivity index (χ1) is 8.52. The molecule has 0 heterocycles. The molecule has 102 valence electrons. The Bertz CT molecular complexity index is 379. The van der Waals surface area contributed by atoms with E-state index in [9.17, 15) is 8.78 Å². The number of hydrogen-bond acceptors (Lipinski definition) is 3. The van der Waals surface area contributed by atoms with Crippen molar-refractivity contribution in [2.75, 3.05) is 12.3 Å². The Labute approximate surface area is 115 Å². The summed E-state index contributed by atoms with van der Waals surface area (Å²) < 4.78 is 28.9. The van der Waals surface area contributed by atoms with E-state index in [0.717, 1.165) is 5.75 Å². The zero-order valence-electron chi connectivity index (χ0n) is 10.0. The van der Waals surface area contributed by atoms with Crippen LogP contribution in [0, 0.1) is 5.92 Å². The highest BCUT2D eigenvalue weighted by molar-refractivity contribution is 7.98. The van der Waals surface area contributed by atoms with Crippen molar-refractivity contribution in [1.82, 2.24) is 0 Å². The summed E-state index contributed by atoms with van der Waals surface area (Å²) in [5.74, 6) is 2.03. The van der Waals surface area contributed by atoms with E-state index in [4.69, 9.17) is 17.3 Å². The number of ether oxygens (including phenoxy) is 1. The van der Waals surface area contributed by atoms with Gasteiger partial charge in [0.05, 0.1) is 0 Å². The van der Waals surface area contributed by atoms with Crippen LogP contribution in [-0.4, -0.2) is 18.9 Å². The molecule has 0 radical (unpaired) electrons. The van der Waals surface area contributed by atoms with E-state index >= 15 is 0 Å². The second-order valence-corrected chi connectivity index (χ2v) is 5.45. The summed E-state index contributed by atoms with van der Waals surface area (Å²) in [5, 5.41) is 0.513. The van der Waals surface area contributed by atoms with Crippen LogP contribution in [-0.2, 0) is 5.75 Å². The molecule has 6 heteroatoms. The van der Waals surface area contributed by atoms with Gasteiger partial charge in [0.1, 0.15) is 5.75 Å². The van der Waals surface area contributed by atoms with Crippen LogP contribution in [0.25, 0.3) is 0 Å². The molecule has 0 amide bonds. The van der Waals surface area contributed by atoms with Gasteiger partial charge in [-0.05, 0) is 36.4 Å². The predicted molar refractivity (Wildman–Crippen MR) is 72.5 cm³/mol. The molecule has 1 aromatic rings. The van der Waals surface area contributed by atoms with Crippen molar-refractivity contribution in [3.63, 3.8) is 0 Å². The molecule has 1 rings (SSSR count). The van der Waals surface area contributed by atoms with E-state index in [-0.39, 0.29) is 5.75 Å². The van der Waals surface area contributed by atoms with Gasteiger partial charge in [-0.3, -0.25) is 0 Å². The summed E-state index contributed by atoms with van der Waals surface area (Å²) in [7, 11) is 0. The van der Waals surface area contributed by atoms with Crippen LogP contribution in [0.1, 0.15) is 12.5 Å². The quantitative estimate of drug-likeness (QED) is 0.831. The van der Waals surface area contributed by atoms with Crippen molar-refractivity contribution >= 4 is 23.4 Å². The zero-order valence-corrected chi connectivity index (χ0v) is 11.6. The van der Waals surface area contributed by atoms with Crippen molar-refractivity contribution in [3.8, 4) is 5.75 Å². The Morgan fingerprint density at radius 1 is 1.44 bits per heavy atom. The average molecular weight is 296 g/mol. The van der Waals surface area contributed by atoms with E-state index in [2.05, 4.69) is 4.74 Å². The Balaban J connectivity index is 2.64. The van der Waals surface area contributed by atoms with Crippen LogP contribution in [0.15, 0.2) is 18.2 Å². The van der Waals surface area contributed by atoms with Crippen LogP contribution in [0.3, 0.4) is 0 Å². The van der Waals surface area contributed by atoms with Gasteiger partial charge in [-0.2, -0.15) is 20.5 Å². The Morgan fingerprint density at radius 2 is 2.17 bits per heavy atom. The molecule has 0 saturated heterocycles. The lowest BCUT2D eigenvalue weighted by atomic mass is 10.2. The van der Waals surface area contributed by atoms with Gasteiger partial charge in [0.25, 0.3) is 0 Å². The minimum Gasteiger partial charge on any atom is -0.435 e. The smallest absolute Gasteiger partial charge is 0.387 e. The molecule has 0 aliphatic rings. The van der Waals surface area contributed by atoms with Crippen LogP contribution >= 0.6 is 23.4 Å². The first kappa shape index (κ1) is 15.5. The highest BCUT2D eigenvalue weighted by atomic mass is 35.5. The minimum atomic E-state index is -2.82. The summed E-state index contributed by atoms with van der Waals surface area (Å²) in [6.07, 6.45) is 0. The topological polar surface area (TPSA) is 35.2 Å². The molecule has 2 nitrogen and oxygen atoms in total. The highest BCUT2D eigenvalue weighted by Gasteiger charge is 2.10. The number of nitrogens with two attached hydrogens (primary N) is 1. The SMILES string of the molecule is CC(CN)CSCc1cc(Cl)ccc1OC(F)F. The summed E-state index contributed by atoms with van der Waals surface area (Å²) in [4.78, 5) is 0. The lowest BCUT2D eigenvalue weighted by Gasteiger charge is -2.12. The van der Waals surface area contributed by atoms with Gasteiger partial charge in [-0.25, -0.2) is 0 Å². The molecule has 1 atom stereocenters. The van der Waals surface area contributed by atoms with Gasteiger partial charge in [-0.15, -0.1) is 0 Å². The largest absolute Gasteiger partial charge is 0.435 e. The van der Waals surface area contributed by atoms with Gasteiger partial charge in [0.2, 0.25) is 0 Å². The fraction of sp³-hybridized carbons (Fsp3) is 0.500. The Kier molecular flexibility index (Phi) is 6.75. The molecule has 2 N–H and O–H groups in total. The molecule has 0 aliphatic carbocycles. The van der Waals surface area contributed by atoms with E-state index < -0.39 is 6.61 Å². The number of rotatable bonds is 7. The fourth-order valence-electron chi connectivity index (χ4n) is 1.31. The summed E-state index contributed by atoms with van der Waals surface area (Å²) in [5.41, 5.74) is 6.19. The van der Waals surface area contributed by atoms with Crippen LogP contribution in [0.4, 0.5) is 8.78 Å². The molecular weight excluding hydrogens is 280 g/mol.